The minimum Gasteiger partial charge on any atom is -0.270 e. The largest absolute Gasteiger partial charge is 0.292 e. The van der Waals surface area contributed by atoms with Gasteiger partial charge >= 0.3 is 0 Å². The summed E-state index contributed by atoms with van der Waals surface area (Å²) in [6.45, 7) is 0. The first-order valence-corrected chi connectivity index (χ1v) is 9.22. The average molecular weight is 312 g/mol. The van der Waals surface area contributed by atoms with Crippen molar-refractivity contribution in [2.45, 2.75) is 0 Å². The monoisotopic (exact) mass is 312 g/mol. The summed E-state index contributed by atoms with van der Waals surface area (Å²) in [5.41, 5.74) is 0. The van der Waals surface area contributed by atoms with Gasteiger partial charge in [0.05, 0.1) is 0 Å². The van der Waals surface area contributed by atoms with Crippen molar-refractivity contribution in [1.29, 1.82) is 0 Å². The van der Waals surface area contributed by atoms with Crippen molar-refractivity contribution in [1.82, 2.24) is 23.1 Å². The smallest absolute Gasteiger partial charge is 0.270 e. The quantitative estimate of drug-likeness (QED) is 0.698. The second-order valence-corrected chi connectivity index (χ2v) is 12.3. The predicted octanol–water partition coefficient (Wildman–Crippen LogP) is 1.85. The van der Waals surface area contributed by atoms with Gasteiger partial charge in [-0.05, 0) is 56.4 Å². The maximum absolute atomic E-state index is 13.4. The Morgan fingerprint density at radius 3 is 1.16 bits per heavy atom. The second-order valence-electron chi connectivity index (χ2n) is 5.13. The van der Waals surface area contributed by atoms with Gasteiger partial charge < -0.3 is 0 Å². The Morgan fingerprint density at radius 1 is 0.684 bits per heavy atom. The van der Waals surface area contributed by atoms with Crippen LogP contribution in [0.5, 0.6) is 0 Å². The van der Waals surface area contributed by atoms with Crippen LogP contribution in [0.2, 0.25) is 0 Å². The Labute approximate surface area is 118 Å². The van der Waals surface area contributed by atoms with Crippen molar-refractivity contribution in [2.75, 3.05) is 70.5 Å². The van der Waals surface area contributed by atoms with Crippen LogP contribution in [0, 0.1) is 0 Å². The van der Waals surface area contributed by atoms with Crippen LogP contribution in [-0.2, 0) is 4.57 Å². The molecule has 0 amide bonds. The van der Waals surface area contributed by atoms with Gasteiger partial charge in [0.15, 0.2) is 7.51 Å². The van der Waals surface area contributed by atoms with Crippen molar-refractivity contribution in [3.05, 3.63) is 0 Å². The molecule has 9 heteroatoms. The first-order chi connectivity index (χ1) is 8.49. The Kier molecular flexibility index (Phi) is 6.90. The first kappa shape index (κ1) is 19.3. The van der Waals surface area contributed by atoms with Crippen LogP contribution in [0.1, 0.15) is 0 Å². The van der Waals surface area contributed by atoms with Gasteiger partial charge in [-0.25, -0.2) is 9.34 Å². The maximum atomic E-state index is 13.4. The van der Waals surface area contributed by atoms with Crippen molar-refractivity contribution in [3.63, 3.8) is 0 Å². The fourth-order valence-electron chi connectivity index (χ4n) is 2.39. The molecule has 0 spiro atoms. The molecule has 0 heterocycles. The Morgan fingerprint density at radius 2 is 1.00 bits per heavy atom. The molecule has 0 atom stereocenters. The summed E-state index contributed by atoms with van der Waals surface area (Å²) in [7, 11) is 14.0. The molecule has 19 heavy (non-hydrogen) atoms. The van der Waals surface area contributed by atoms with Crippen LogP contribution in [0.4, 0.5) is 0 Å². The zero-order valence-corrected chi connectivity index (χ0v) is 15.8. The van der Waals surface area contributed by atoms with E-state index in [9.17, 15) is 4.57 Å². The third-order valence-corrected chi connectivity index (χ3v) is 10.9. The molecule has 0 aromatic rings. The summed E-state index contributed by atoms with van der Waals surface area (Å²) in [5, 5.41) is 0. The molecule has 0 N–H and O–H groups in total. The van der Waals surface area contributed by atoms with Gasteiger partial charge in [-0.2, -0.15) is 4.44 Å². The lowest BCUT2D eigenvalue weighted by Gasteiger charge is -2.48. The lowest BCUT2D eigenvalue weighted by Crippen LogP contribution is -2.38. The van der Waals surface area contributed by atoms with Gasteiger partial charge in [-0.3, -0.25) is 18.7 Å². The van der Waals surface area contributed by atoms with Gasteiger partial charge in [0.1, 0.15) is 0 Å². The molecule has 0 aromatic heterocycles. The average Bonchev–Trinajstić information content (AvgIpc) is 2.27. The predicted molar refractivity (Wildman–Crippen MR) is 85.4 cm³/mol. The fraction of sp³-hybridized carbons (Fsp3) is 1.00. The van der Waals surface area contributed by atoms with Gasteiger partial charge in [-0.1, -0.05) is 0 Å². The number of hydrogen-bond donors (Lipinski definition) is 0. The first-order valence-electron chi connectivity index (χ1n) is 6.05. The molecule has 0 aliphatic rings. The lowest BCUT2D eigenvalue weighted by atomic mass is 11.3. The third-order valence-electron chi connectivity index (χ3n) is 3.15. The second kappa shape index (κ2) is 6.81. The SMILES string of the molecule is CN=P(N(C)C)(N(C)C)N(C)P(=O)(N(C)C)N(C)C. The van der Waals surface area contributed by atoms with Gasteiger partial charge in [0.2, 0.25) is 0 Å². The van der Waals surface area contributed by atoms with Crippen LogP contribution in [-0.4, -0.2) is 93.6 Å². The Bertz CT molecular complexity index is 369. The summed E-state index contributed by atoms with van der Waals surface area (Å²) in [5.74, 6) is 0. The molecule has 0 bridgehead atoms. The van der Waals surface area contributed by atoms with Gasteiger partial charge in [0.25, 0.3) is 7.59 Å². The van der Waals surface area contributed by atoms with Gasteiger partial charge in [-0.15, -0.1) is 0 Å². The number of hydrogen-bond acceptors (Lipinski definition) is 2. The van der Waals surface area contributed by atoms with E-state index in [0.29, 0.717) is 0 Å². The molecular weight excluding hydrogens is 282 g/mol. The molecule has 0 saturated heterocycles. The van der Waals surface area contributed by atoms with E-state index in [1.165, 1.54) is 0 Å². The van der Waals surface area contributed by atoms with Crippen molar-refractivity contribution in [3.8, 4) is 0 Å². The topological polar surface area (TPSA) is 45.6 Å². The summed E-state index contributed by atoms with van der Waals surface area (Å²) in [4.78, 5) is 0. The summed E-state index contributed by atoms with van der Waals surface area (Å²) >= 11 is 0. The summed E-state index contributed by atoms with van der Waals surface area (Å²) in [6, 6.07) is 0. The molecule has 0 aromatic carbocycles. The van der Waals surface area contributed by atoms with Crippen LogP contribution >= 0.6 is 15.1 Å². The van der Waals surface area contributed by atoms with Crippen LogP contribution in [0.15, 0.2) is 4.74 Å². The van der Waals surface area contributed by atoms with Crippen molar-refractivity contribution in [2.24, 2.45) is 4.74 Å². The molecule has 0 unspecified atom stereocenters. The molecule has 7 nitrogen and oxygen atoms in total. The molecule has 0 aliphatic carbocycles. The van der Waals surface area contributed by atoms with E-state index in [1.54, 1.807) is 16.4 Å². The molecule has 0 aliphatic heterocycles. The van der Waals surface area contributed by atoms with E-state index < -0.39 is 15.1 Å². The number of rotatable bonds is 6. The molecule has 0 rings (SSSR count). The van der Waals surface area contributed by atoms with E-state index in [-0.39, 0.29) is 0 Å². The van der Waals surface area contributed by atoms with Crippen molar-refractivity contribution >= 4 is 15.1 Å². The minimum absolute atomic E-state index is 1.78. The Hall–Kier alpha value is 0.260. The molecule has 0 radical (unpaired) electrons. The fourth-order valence-corrected chi connectivity index (χ4v) is 10.3. The minimum atomic E-state index is -2.83. The highest BCUT2D eigenvalue weighted by Gasteiger charge is 2.44. The normalized spacial score (nSPS) is 14.3. The summed E-state index contributed by atoms with van der Waals surface area (Å²) in [6.07, 6.45) is 0. The highest BCUT2D eigenvalue weighted by molar-refractivity contribution is 7.73. The molecule has 0 saturated carbocycles. The van der Waals surface area contributed by atoms with E-state index >= 15 is 0 Å². The third kappa shape index (κ3) is 3.13. The van der Waals surface area contributed by atoms with Crippen LogP contribution in [0.25, 0.3) is 0 Å². The highest BCUT2D eigenvalue weighted by atomic mass is 31.2. The maximum Gasteiger partial charge on any atom is 0.292 e. The zero-order valence-electron chi connectivity index (χ0n) is 14.0. The number of nitrogens with zero attached hydrogens (tertiary/aromatic N) is 6. The molecular formula is C10H30N6OP2. The van der Waals surface area contributed by atoms with Crippen LogP contribution < -0.4 is 0 Å². The molecule has 116 valence electrons. The standard InChI is InChI=1S/C10H30N6OP2/c1-11-18(12(2)3,13(4)5)16(10)19(17,14(6)7)15(8)9/h1-10H3. The van der Waals surface area contributed by atoms with E-state index in [4.69, 9.17) is 0 Å². The van der Waals surface area contributed by atoms with Gasteiger partial charge in [0, 0.05) is 14.1 Å². The zero-order chi connectivity index (χ0) is 15.6. The van der Waals surface area contributed by atoms with E-state index in [0.717, 1.165) is 0 Å². The lowest BCUT2D eigenvalue weighted by molar-refractivity contribution is 0.394. The van der Waals surface area contributed by atoms with E-state index in [1.807, 2.05) is 67.9 Å². The Balaban J connectivity index is 6.09. The molecule has 0 fully saturated rings. The summed E-state index contributed by atoms with van der Waals surface area (Å²) < 4.78 is 27.6. The van der Waals surface area contributed by atoms with Crippen molar-refractivity contribution < 1.29 is 4.57 Å². The van der Waals surface area contributed by atoms with E-state index in [2.05, 4.69) is 14.1 Å². The van der Waals surface area contributed by atoms with Crippen LogP contribution in [0.3, 0.4) is 0 Å². The highest BCUT2D eigenvalue weighted by Crippen LogP contribution is 2.69.